The zero-order valence-corrected chi connectivity index (χ0v) is 15.1. The van der Waals surface area contributed by atoms with Crippen LogP contribution in [-0.4, -0.2) is 21.8 Å². The maximum Gasteiger partial charge on any atom is 0.269 e. The quantitative estimate of drug-likeness (QED) is 0.251. The second-order valence-electron chi connectivity index (χ2n) is 5.67. The Kier molecular flexibility index (Phi) is 5.61. The van der Waals surface area contributed by atoms with Crippen LogP contribution in [0.2, 0.25) is 0 Å². The van der Waals surface area contributed by atoms with Gasteiger partial charge in [-0.1, -0.05) is 6.07 Å². The number of thiophene rings is 1. The lowest BCUT2D eigenvalue weighted by Gasteiger charge is -2.20. The summed E-state index contributed by atoms with van der Waals surface area (Å²) in [5.74, 6) is -0.230. The van der Waals surface area contributed by atoms with Crippen LogP contribution < -0.4 is 10.6 Å². The first-order valence-electron chi connectivity index (χ1n) is 8.04. The van der Waals surface area contributed by atoms with Crippen molar-refractivity contribution in [3.8, 4) is 0 Å². The summed E-state index contributed by atoms with van der Waals surface area (Å²) in [6.45, 7) is 0. The Labute approximate surface area is 162 Å². The van der Waals surface area contributed by atoms with Crippen LogP contribution in [0.1, 0.15) is 9.67 Å². The maximum absolute atomic E-state index is 12.8. The average Bonchev–Trinajstić information content (AvgIpc) is 3.22. The standard InChI is InChI=1S/C18H14N4O5S/c23-17(16-2-1-11-28-16)18(19-12-3-7-14(8-4-12)21(24)25)20-13-5-9-15(10-6-13)22(26)27/h1-11,18-20H. The highest BCUT2D eigenvalue weighted by Gasteiger charge is 2.21. The number of carbonyl (C=O) groups is 1. The van der Waals surface area contributed by atoms with Gasteiger partial charge in [-0.05, 0) is 35.7 Å². The molecule has 3 aromatic rings. The predicted octanol–water partition coefficient (Wildman–Crippen LogP) is 4.30. The van der Waals surface area contributed by atoms with Gasteiger partial charge in [0.1, 0.15) is 0 Å². The Morgan fingerprint density at radius 1 is 0.821 bits per heavy atom. The van der Waals surface area contributed by atoms with Gasteiger partial charge < -0.3 is 10.6 Å². The van der Waals surface area contributed by atoms with Crippen molar-refractivity contribution in [3.63, 3.8) is 0 Å². The number of non-ortho nitro benzene ring substituents is 2. The number of hydrogen-bond acceptors (Lipinski definition) is 8. The van der Waals surface area contributed by atoms with Crippen molar-refractivity contribution in [1.29, 1.82) is 0 Å². The summed E-state index contributed by atoms with van der Waals surface area (Å²) in [7, 11) is 0. The molecule has 0 spiro atoms. The SMILES string of the molecule is O=C(c1cccs1)C(Nc1ccc([N+](=O)[O-])cc1)Nc1ccc([N+](=O)[O-])cc1. The van der Waals surface area contributed by atoms with E-state index < -0.39 is 16.0 Å². The van der Waals surface area contributed by atoms with Gasteiger partial charge in [-0.3, -0.25) is 25.0 Å². The molecule has 0 aliphatic rings. The average molecular weight is 398 g/mol. The fourth-order valence-electron chi connectivity index (χ4n) is 2.42. The van der Waals surface area contributed by atoms with E-state index in [2.05, 4.69) is 10.6 Å². The molecule has 0 saturated heterocycles. The van der Waals surface area contributed by atoms with Crippen molar-refractivity contribution in [3.05, 3.63) is 91.1 Å². The summed E-state index contributed by atoms with van der Waals surface area (Å²) >= 11 is 1.29. The van der Waals surface area contributed by atoms with E-state index in [1.807, 2.05) is 0 Å². The van der Waals surface area contributed by atoms with E-state index in [4.69, 9.17) is 0 Å². The molecule has 0 unspecified atom stereocenters. The topological polar surface area (TPSA) is 127 Å². The molecule has 3 rings (SSSR count). The number of nitrogens with zero attached hydrogens (tertiary/aromatic N) is 2. The second kappa shape index (κ2) is 8.27. The number of Topliss-reactive ketones (excluding diaryl/α,β-unsaturated/α-hetero) is 1. The van der Waals surface area contributed by atoms with Crippen molar-refractivity contribution < 1.29 is 14.6 Å². The predicted molar refractivity (Wildman–Crippen MR) is 106 cm³/mol. The first kappa shape index (κ1) is 19.0. The third-order valence-electron chi connectivity index (χ3n) is 3.80. The number of ketones is 1. The summed E-state index contributed by atoms with van der Waals surface area (Å²) < 4.78 is 0. The highest BCUT2D eigenvalue weighted by atomic mass is 32.1. The van der Waals surface area contributed by atoms with E-state index >= 15 is 0 Å². The molecule has 0 bridgehead atoms. The summed E-state index contributed by atoms with van der Waals surface area (Å²) in [5.41, 5.74) is 0.898. The largest absolute Gasteiger partial charge is 0.359 e. The number of hydrogen-bond donors (Lipinski definition) is 2. The normalized spacial score (nSPS) is 10.5. The van der Waals surface area contributed by atoms with E-state index in [1.54, 1.807) is 17.5 Å². The molecular weight excluding hydrogens is 384 g/mol. The van der Waals surface area contributed by atoms with Crippen LogP contribution in [0.15, 0.2) is 66.0 Å². The van der Waals surface area contributed by atoms with Gasteiger partial charge in [-0.25, -0.2) is 0 Å². The summed E-state index contributed by atoms with van der Waals surface area (Å²) in [6, 6.07) is 14.8. The molecule has 142 valence electrons. The van der Waals surface area contributed by atoms with Crippen molar-refractivity contribution in [2.24, 2.45) is 0 Å². The van der Waals surface area contributed by atoms with Crippen molar-refractivity contribution in [2.45, 2.75) is 6.17 Å². The van der Waals surface area contributed by atoms with E-state index in [-0.39, 0.29) is 17.2 Å². The Balaban J connectivity index is 1.83. The number of anilines is 2. The van der Waals surface area contributed by atoms with E-state index in [9.17, 15) is 25.0 Å². The van der Waals surface area contributed by atoms with Gasteiger partial charge >= 0.3 is 0 Å². The molecule has 2 aromatic carbocycles. The van der Waals surface area contributed by atoms with Crippen LogP contribution in [0.4, 0.5) is 22.7 Å². The molecule has 2 N–H and O–H groups in total. The minimum Gasteiger partial charge on any atom is -0.359 e. The van der Waals surface area contributed by atoms with Gasteiger partial charge in [0.25, 0.3) is 11.4 Å². The highest BCUT2D eigenvalue weighted by Crippen LogP contribution is 2.21. The molecule has 1 heterocycles. The van der Waals surface area contributed by atoms with Crippen molar-refractivity contribution in [1.82, 2.24) is 0 Å². The van der Waals surface area contributed by atoms with Crippen LogP contribution in [0.3, 0.4) is 0 Å². The molecule has 1 aromatic heterocycles. The van der Waals surface area contributed by atoms with Crippen LogP contribution in [-0.2, 0) is 0 Å². The van der Waals surface area contributed by atoms with Crippen LogP contribution >= 0.6 is 11.3 Å². The number of nitro benzene ring substituents is 2. The molecule has 28 heavy (non-hydrogen) atoms. The molecule has 0 aliphatic carbocycles. The molecule has 0 aliphatic heterocycles. The monoisotopic (exact) mass is 398 g/mol. The van der Waals surface area contributed by atoms with Gasteiger partial charge in [0.05, 0.1) is 14.7 Å². The first-order valence-corrected chi connectivity index (χ1v) is 8.92. The summed E-state index contributed by atoms with van der Waals surface area (Å²) in [4.78, 5) is 33.9. The van der Waals surface area contributed by atoms with Gasteiger partial charge in [0.15, 0.2) is 6.17 Å². The lowest BCUT2D eigenvalue weighted by atomic mass is 10.2. The lowest BCUT2D eigenvalue weighted by molar-refractivity contribution is -0.385. The summed E-state index contributed by atoms with van der Waals surface area (Å²) in [5, 5.41) is 29.4. The zero-order valence-electron chi connectivity index (χ0n) is 14.3. The lowest BCUT2D eigenvalue weighted by Crippen LogP contribution is -2.36. The molecule has 0 saturated carbocycles. The molecular formula is C18H14N4O5S. The highest BCUT2D eigenvalue weighted by molar-refractivity contribution is 7.12. The summed E-state index contributed by atoms with van der Waals surface area (Å²) in [6.07, 6.45) is -0.874. The molecule has 10 heteroatoms. The fourth-order valence-corrected chi connectivity index (χ4v) is 3.12. The third kappa shape index (κ3) is 4.48. The van der Waals surface area contributed by atoms with Gasteiger partial charge in [0.2, 0.25) is 5.78 Å². The Morgan fingerprint density at radius 3 is 1.64 bits per heavy atom. The van der Waals surface area contributed by atoms with Gasteiger partial charge in [-0.15, -0.1) is 11.3 Å². The Bertz CT molecular complexity index is 928. The first-order chi connectivity index (χ1) is 13.4. The molecule has 0 atom stereocenters. The smallest absolute Gasteiger partial charge is 0.269 e. The number of nitrogens with one attached hydrogen (secondary N) is 2. The van der Waals surface area contributed by atoms with Crippen LogP contribution in [0.5, 0.6) is 0 Å². The minimum atomic E-state index is -0.874. The fraction of sp³-hybridized carbons (Fsp3) is 0.0556. The number of nitro groups is 2. The maximum atomic E-state index is 12.8. The van der Waals surface area contributed by atoms with E-state index in [0.717, 1.165) is 0 Å². The number of carbonyl (C=O) groups excluding carboxylic acids is 1. The minimum absolute atomic E-state index is 0.0602. The van der Waals surface area contributed by atoms with E-state index in [0.29, 0.717) is 16.3 Å². The Hall–Kier alpha value is -3.79. The van der Waals surface area contributed by atoms with E-state index in [1.165, 1.54) is 59.9 Å². The molecule has 0 fully saturated rings. The van der Waals surface area contributed by atoms with Gasteiger partial charge in [0, 0.05) is 35.6 Å². The molecule has 0 radical (unpaired) electrons. The molecule has 0 amide bonds. The Morgan fingerprint density at radius 2 is 1.29 bits per heavy atom. The van der Waals surface area contributed by atoms with Crippen LogP contribution in [0, 0.1) is 20.2 Å². The third-order valence-corrected chi connectivity index (χ3v) is 4.69. The molecule has 9 nitrogen and oxygen atoms in total. The second-order valence-corrected chi connectivity index (χ2v) is 6.62. The van der Waals surface area contributed by atoms with Gasteiger partial charge in [-0.2, -0.15) is 0 Å². The van der Waals surface area contributed by atoms with Crippen molar-refractivity contribution in [2.75, 3.05) is 10.6 Å². The van der Waals surface area contributed by atoms with Crippen LogP contribution in [0.25, 0.3) is 0 Å². The number of benzene rings is 2. The number of rotatable bonds is 8. The zero-order chi connectivity index (χ0) is 20.1. The van der Waals surface area contributed by atoms with Crippen molar-refractivity contribution >= 4 is 39.9 Å².